The second-order valence-corrected chi connectivity index (χ2v) is 27.5. The van der Waals surface area contributed by atoms with Gasteiger partial charge < -0.3 is 0 Å². The van der Waals surface area contributed by atoms with Crippen LogP contribution in [0.4, 0.5) is 0 Å². The molecule has 0 fully saturated rings. The molecular weight excluding hydrogens is 807 g/mol. The molecule has 0 saturated carbocycles. The number of hydrogen-bond donors (Lipinski definition) is 0. The van der Waals surface area contributed by atoms with Gasteiger partial charge in [-0.25, -0.2) is 0 Å². The Hall–Kier alpha value is -7.58. The van der Waals surface area contributed by atoms with E-state index in [9.17, 15) is 0 Å². The van der Waals surface area contributed by atoms with Gasteiger partial charge in [0.2, 0.25) is 0 Å². The molecule has 0 atom stereocenters. The average Bonchev–Trinajstić information content (AvgIpc) is 3.79. The first kappa shape index (κ1) is 38.1. The van der Waals surface area contributed by atoms with Crippen LogP contribution in [0.15, 0.2) is 224 Å². The van der Waals surface area contributed by atoms with Crippen molar-refractivity contribution in [3.63, 3.8) is 0 Å². The Labute approximate surface area is 376 Å². The van der Waals surface area contributed by atoms with E-state index in [-0.39, 0.29) is 0 Å². The average molecular weight is 852 g/mol. The molecule has 2 aliphatic rings. The molecule has 0 aliphatic carbocycles. The molecule has 3 heterocycles. The molecule has 0 bridgehead atoms. The Kier molecular flexibility index (Phi) is 8.97. The van der Waals surface area contributed by atoms with Gasteiger partial charge in [-0.1, -0.05) is 0 Å². The zero-order valence-corrected chi connectivity index (χ0v) is 38.2. The predicted octanol–water partition coefficient (Wildman–Crippen LogP) is 9.83. The summed E-state index contributed by atoms with van der Waals surface area (Å²) in [5.41, 5.74) is 13.1. The number of nitrogens with zero attached hydrogens (tertiary/aromatic N) is 3. The summed E-state index contributed by atoms with van der Waals surface area (Å²) in [4.78, 5) is 16.2. The van der Waals surface area contributed by atoms with Crippen LogP contribution in [0.2, 0.25) is 13.1 Å². The number of benzene rings is 9. The van der Waals surface area contributed by atoms with Crippen LogP contribution >= 0.6 is 0 Å². The molecule has 0 radical (unpaired) electrons. The van der Waals surface area contributed by atoms with Gasteiger partial charge in [0.05, 0.1) is 0 Å². The minimum atomic E-state index is -3.27. The Morgan fingerprint density at radius 1 is 0.281 bits per heavy atom. The first-order chi connectivity index (χ1) is 31.5. The SMILES string of the molecule is C[SiH-]1(C)c2cc(-c3ccccc3)ccc2-c2ccc(-c3nc(-c4ccccc4)nc(-c4cccc5c4-c4cc(-c6ccccc6)ccc4[SiH-]5(c4ccccc4)c4ccccc4)n3)cc21. The molecule has 0 unspecified atom stereocenters. The van der Waals surface area contributed by atoms with Gasteiger partial charge in [0.15, 0.2) is 0 Å². The Balaban J connectivity index is 1.08. The van der Waals surface area contributed by atoms with Gasteiger partial charge in [0.25, 0.3) is 0 Å². The van der Waals surface area contributed by atoms with E-state index in [4.69, 9.17) is 15.0 Å². The fraction of sp³-hybridized carbons (Fsp3) is 0.0339. The molecule has 12 rings (SSSR count). The van der Waals surface area contributed by atoms with Crippen molar-refractivity contribution >= 4 is 47.3 Å². The molecule has 0 amide bonds. The molecule has 3 nitrogen and oxygen atoms in total. The van der Waals surface area contributed by atoms with E-state index in [1.807, 2.05) is 6.07 Å². The molecule has 1 aromatic heterocycles. The molecule has 0 saturated heterocycles. The quantitative estimate of drug-likeness (QED) is 0.150. The van der Waals surface area contributed by atoms with E-state index in [2.05, 4.69) is 231 Å². The van der Waals surface area contributed by atoms with E-state index >= 15 is 0 Å². The van der Waals surface area contributed by atoms with Crippen molar-refractivity contribution in [3.05, 3.63) is 224 Å². The summed E-state index contributed by atoms with van der Waals surface area (Å²) in [6.07, 6.45) is 0. The second-order valence-electron chi connectivity index (χ2n) is 18.1. The fourth-order valence-corrected chi connectivity index (χ4v) is 20.8. The number of rotatable bonds is 7. The third kappa shape index (κ3) is 5.96. The predicted molar refractivity (Wildman–Crippen MR) is 275 cm³/mol. The van der Waals surface area contributed by atoms with Crippen LogP contribution in [0.3, 0.4) is 0 Å². The molecule has 64 heavy (non-hydrogen) atoms. The monoisotopic (exact) mass is 851 g/mol. The van der Waals surface area contributed by atoms with Gasteiger partial charge in [-0.15, -0.1) is 0 Å². The van der Waals surface area contributed by atoms with Gasteiger partial charge in [0, 0.05) is 0 Å². The Morgan fingerprint density at radius 2 is 0.734 bits per heavy atom. The molecule has 10 aromatic rings. The van der Waals surface area contributed by atoms with Crippen LogP contribution in [-0.2, 0) is 0 Å². The van der Waals surface area contributed by atoms with Crippen LogP contribution < -0.4 is 31.1 Å². The van der Waals surface area contributed by atoms with E-state index in [0.29, 0.717) is 17.5 Å². The number of aromatic nitrogens is 3. The molecule has 9 aromatic carbocycles. The summed E-state index contributed by atoms with van der Waals surface area (Å²) in [5, 5.41) is 8.50. The minimum absolute atomic E-state index is 0.668. The van der Waals surface area contributed by atoms with E-state index in [0.717, 1.165) is 16.7 Å². The number of hydrogen-bond acceptors (Lipinski definition) is 3. The second kappa shape index (κ2) is 15.1. The zero-order valence-electron chi connectivity index (χ0n) is 35.9. The normalized spacial score (nSPS) is 14.7. The fourth-order valence-electron chi connectivity index (χ4n) is 11.2. The van der Waals surface area contributed by atoms with Gasteiger partial charge in [-0.2, -0.15) is 0 Å². The van der Waals surface area contributed by atoms with Gasteiger partial charge >= 0.3 is 378 Å². The zero-order chi connectivity index (χ0) is 42.8. The van der Waals surface area contributed by atoms with Crippen molar-refractivity contribution in [2.24, 2.45) is 0 Å². The summed E-state index contributed by atoms with van der Waals surface area (Å²) < 4.78 is 0. The van der Waals surface area contributed by atoms with Crippen LogP contribution in [-0.4, -0.2) is 31.1 Å². The standard InChI is InChI=1S/C59H45N3Si2/c1-63(2)54-38-44(41-21-10-4-11-22-41)31-34-48(54)49-35-32-45(39-55(49)63)58-60-57(42-23-12-5-13-24-42)61-59(62-58)50-29-18-30-53-56(50)51-37-43(40-19-8-3-9-20-40)33-36-52(51)64(53,46-25-14-6-15-26-46)47-27-16-7-17-28-47/h3-39,63-64H,1-2H3/q-2. The molecule has 0 spiro atoms. The van der Waals surface area contributed by atoms with Crippen molar-refractivity contribution in [3.8, 4) is 78.7 Å². The van der Waals surface area contributed by atoms with Gasteiger partial charge in [-0.05, 0) is 0 Å². The molecule has 306 valence electrons. The maximum atomic E-state index is 5.51. The maximum absolute atomic E-state index is 5.51. The summed E-state index contributed by atoms with van der Waals surface area (Å²) in [5.74, 6) is 2.04. The van der Waals surface area contributed by atoms with Crippen molar-refractivity contribution in [2.75, 3.05) is 0 Å². The van der Waals surface area contributed by atoms with Crippen LogP contribution in [0.5, 0.6) is 0 Å². The summed E-state index contributed by atoms with van der Waals surface area (Å²) in [6.45, 7) is 5.02. The summed E-state index contributed by atoms with van der Waals surface area (Å²) in [6, 6.07) is 82.4. The van der Waals surface area contributed by atoms with E-state index in [1.54, 1.807) is 0 Å². The Morgan fingerprint density at radius 3 is 1.31 bits per heavy atom. The van der Waals surface area contributed by atoms with Crippen molar-refractivity contribution < 1.29 is 0 Å². The van der Waals surface area contributed by atoms with E-state index < -0.39 is 16.1 Å². The molecular formula is C59H45N3Si2-2. The van der Waals surface area contributed by atoms with Crippen molar-refractivity contribution in [1.82, 2.24) is 15.0 Å². The summed E-state index contributed by atoms with van der Waals surface area (Å²) >= 11 is 0. The summed E-state index contributed by atoms with van der Waals surface area (Å²) in [7, 11) is -5.74. The molecule has 0 N–H and O–H groups in total. The molecule has 5 heteroatoms. The van der Waals surface area contributed by atoms with Gasteiger partial charge in [-0.3, -0.25) is 0 Å². The first-order valence-corrected chi connectivity index (χ1v) is 28.3. The third-order valence-corrected chi connectivity index (χ3v) is 24.0. The Bertz CT molecular complexity index is 3350. The van der Waals surface area contributed by atoms with E-state index in [1.165, 1.54) is 75.6 Å². The van der Waals surface area contributed by atoms with Gasteiger partial charge in [0.1, 0.15) is 0 Å². The molecule has 2 aliphatic heterocycles. The van der Waals surface area contributed by atoms with Crippen LogP contribution in [0, 0.1) is 0 Å². The topological polar surface area (TPSA) is 38.7 Å². The number of fused-ring (bicyclic) bond motifs is 6. The van der Waals surface area contributed by atoms with Crippen LogP contribution in [0.1, 0.15) is 0 Å². The van der Waals surface area contributed by atoms with Crippen molar-refractivity contribution in [2.45, 2.75) is 13.1 Å². The van der Waals surface area contributed by atoms with Crippen molar-refractivity contribution in [1.29, 1.82) is 0 Å². The third-order valence-electron chi connectivity index (χ3n) is 14.3. The van der Waals surface area contributed by atoms with Crippen LogP contribution in [0.25, 0.3) is 78.7 Å². The first-order valence-electron chi connectivity index (χ1n) is 22.5.